The molecule has 4 aliphatic rings. The number of ether oxygens (including phenoxy) is 2. The molecule has 0 aliphatic carbocycles. The normalized spacial score (nSPS) is 37.1. The fourth-order valence-corrected chi connectivity index (χ4v) is 6.56. The summed E-state index contributed by atoms with van der Waals surface area (Å²) in [5.74, 6) is -0.577. The Balaban J connectivity index is 1.73. The monoisotopic (exact) mass is 368 g/mol. The van der Waals surface area contributed by atoms with Gasteiger partial charge in [0.15, 0.2) is 0 Å². The second-order valence-electron chi connectivity index (χ2n) is 8.52. The third-order valence-electron chi connectivity index (χ3n) is 7.50. The Hall–Kier alpha value is -1.89. The van der Waals surface area contributed by atoms with E-state index in [-0.39, 0.29) is 17.6 Å². The van der Waals surface area contributed by atoms with E-state index in [2.05, 4.69) is 11.0 Å². The molecule has 6 rings (SSSR count). The van der Waals surface area contributed by atoms with Gasteiger partial charge in [-0.1, -0.05) is 18.2 Å². The topological polar surface area (TPSA) is 63.9 Å². The van der Waals surface area contributed by atoms with Crippen molar-refractivity contribution in [3.8, 4) is 0 Å². The Morgan fingerprint density at radius 1 is 1.33 bits per heavy atom. The number of hydrogen-bond donors (Lipinski definition) is 1. The first-order valence-electron chi connectivity index (χ1n) is 9.89. The molecule has 27 heavy (non-hydrogen) atoms. The second-order valence-corrected chi connectivity index (χ2v) is 8.52. The van der Waals surface area contributed by atoms with E-state index in [0.29, 0.717) is 13.0 Å². The molecule has 0 saturated carbocycles. The van der Waals surface area contributed by atoms with E-state index in [1.165, 1.54) is 12.7 Å². The number of carbonyl (C=O) groups excluding carboxylic acids is 1. The van der Waals surface area contributed by atoms with Gasteiger partial charge in [0.1, 0.15) is 0 Å². The average Bonchev–Trinajstić information content (AvgIpc) is 3.25. The summed E-state index contributed by atoms with van der Waals surface area (Å²) in [5.41, 5.74) is 1.39. The summed E-state index contributed by atoms with van der Waals surface area (Å²) in [4.78, 5) is 15.5. The highest BCUT2D eigenvalue weighted by molar-refractivity contribution is 5.90. The molecule has 0 amide bonds. The Labute approximate surface area is 157 Å². The molecule has 142 valence electrons. The smallest absolute Gasteiger partial charge is 0.359 e. The number of nitrogens with zero attached hydrogens (tertiary/aromatic N) is 2. The van der Waals surface area contributed by atoms with Crippen LogP contribution in [0.1, 0.15) is 36.6 Å². The fraction of sp³-hybridized carbons (Fsp3) is 0.571. The van der Waals surface area contributed by atoms with Gasteiger partial charge in [0.05, 0.1) is 24.8 Å². The summed E-state index contributed by atoms with van der Waals surface area (Å²) in [6, 6.07) is 8.32. The Bertz CT molecular complexity index is 968. The zero-order valence-corrected chi connectivity index (χ0v) is 15.5. The lowest BCUT2D eigenvalue weighted by Gasteiger charge is -2.58. The number of carbonyl (C=O) groups is 1. The van der Waals surface area contributed by atoms with Gasteiger partial charge in [-0.15, -0.1) is 0 Å². The molecular weight excluding hydrogens is 344 g/mol. The Morgan fingerprint density at radius 2 is 2.19 bits per heavy atom. The van der Waals surface area contributed by atoms with Crippen LogP contribution in [0.4, 0.5) is 0 Å². The van der Waals surface area contributed by atoms with Crippen LogP contribution in [0.15, 0.2) is 24.3 Å². The van der Waals surface area contributed by atoms with E-state index in [1.807, 2.05) is 22.8 Å². The van der Waals surface area contributed by atoms with Crippen molar-refractivity contribution in [3.63, 3.8) is 0 Å². The van der Waals surface area contributed by atoms with Gasteiger partial charge in [0, 0.05) is 42.6 Å². The third-order valence-corrected chi connectivity index (χ3v) is 7.50. The predicted molar refractivity (Wildman–Crippen MR) is 98.2 cm³/mol. The van der Waals surface area contributed by atoms with Gasteiger partial charge in [-0.3, -0.25) is 4.90 Å². The lowest BCUT2D eigenvalue weighted by atomic mass is 9.61. The van der Waals surface area contributed by atoms with Crippen LogP contribution in [0.3, 0.4) is 0 Å². The molecule has 6 heteroatoms. The van der Waals surface area contributed by atoms with Gasteiger partial charge in [0.2, 0.25) is 5.72 Å². The summed E-state index contributed by atoms with van der Waals surface area (Å²) >= 11 is 0. The molecular formula is C21H24N2O4. The van der Waals surface area contributed by atoms with Crippen LogP contribution >= 0.6 is 0 Å². The maximum Gasteiger partial charge on any atom is 0.359 e. The van der Waals surface area contributed by atoms with E-state index < -0.39 is 11.7 Å². The number of aliphatic hydroxyl groups is 1. The minimum Gasteiger partial charge on any atom is -0.465 e. The quantitative estimate of drug-likeness (QED) is 0.780. The molecule has 1 N–H and O–H groups in total. The molecule has 1 spiro atoms. The van der Waals surface area contributed by atoms with Crippen molar-refractivity contribution in [3.05, 3.63) is 35.5 Å². The molecule has 0 unspecified atom stereocenters. The summed E-state index contributed by atoms with van der Waals surface area (Å²) in [7, 11) is 1.36. The zero-order valence-electron chi connectivity index (χ0n) is 15.5. The van der Waals surface area contributed by atoms with Gasteiger partial charge >= 0.3 is 5.97 Å². The number of methoxy groups -OCH3 is 1. The summed E-state index contributed by atoms with van der Waals surface area (Å²) < 4.78 is 13.1. The number of piperidine rings is 1. The molecule has 2 fully saturated rings. The molecule has 0 radical (unpaired) electrons. The number of para-hydroxylation sites is 1. The molecule has 1 aromatic heterocycles. The minimum atomic E-state index is -1.69. The van der Waals surface area contributed by atoms with E-state index >= 15 is 0 Å². The van der Waals surface area contributed by atoms with Crippen LogP contribution < -0.4 is 0 Å². The molecule has 1 aromatic carbocycles. The van der Waals surface area contributed by atoms with Gasteiger partial charge < -0.3 is 19.1 Å². The first-order chi connectivity index (χ1) is 13.1. The van der Waals surface area contributed by atoms with Gasteiger partial charge in [0.25, 0.3) is 0 Å². The molecule has 0 bridgehead atoms. The van der Waals surface area contributed by atoms with Crippen LogP contribution in [0.25, 0.3) is 10.9 Å². The van der Waals surface area contributed by atoms with Crippen molar-refractivity contribution < 1.29 is 19.4 Å². The molecule has 2 aromatic rings. The fourth-order valence-electron chi connectivity index (χ4n) is 6.56. The molecule has 5 heterocycles. The van der Waals surface area contributed by atoms with Crippen LogP contribution in [0.2, 0.25) is 0 Å². The number of esters is 1. The first-order valence-corrected chi connectivity index (χ1v) is 9.89. The van der Waals surface area contributed by atoms with Gasteiger partial charge in [-0.05, 0) is 30.9 Å². The van der Waals surface area contributed by atoms with Gasteiger partial charge in [-0.2, -0.15) is 0 Å². The number of fused-ring (bicyclic) bond motifs is 3. The molecule has 4 aliphatic heterocycles. The second kappa shape index (κ2) is 5.13. The van der Waals surface area contributed by atoms with E-state index in [9.17, 15) is 9.90 Å². The highest BCUT2D eigenvalue weighted by atomic mass is 16.5. The highest BCUT2D eigenvalue weighted by Gasteiger charge is 2.65. The van der Waals surface area contributed by atoms with Crippen molar-refractivity contribution in [1.29, 1.82) is 0 Å². The standard InChI is InChI=1S/C21H24N2O4/c1-26-19(24)21(25)12-20-8-11-27-16(20)7-10-22-9-6-14-13-4-2-3-5-15(13)23(21)17(14)18(20)22/h2-5,16,18,25H,6-12H2,1H3/t16-,18+,20+,21+/m0/s1. The van der Waals surface area contributed by atoms with Crippen molar-refractivity contribution in [2.45, 2.75) is 43.6 Å². The van der Waals surface area contributed by atoms with Crippen molar-refractivity contribution in [2.75, 3.05) is 26.8 Å². The van der Waals surface area contributed by atoms with Crippen molar-refractivity contribution >= 4 is 16.9 Å². The number of aromatic nitrogens is 1. The van der Waals surface area contributed by atoms with Crippen LogP contribution in [0.5, 0.6) is 0 Å². The van der Waals surface area contributed by atoms with E-state index in [4.69, 9.17) is 9.47 Å². The van der Waals surface area contributed by atoms with Crippen molar-refractivity contribution in [1.82, 2.24) is 9.47 Å². The van der Waals surface area contributed by atoms with Gasteiger partial charge in [-0.25, -0.2) is 4.79 Å². The number of rotatable bonds is 1. The van der Waals surface area contributed by atoms with Crippen LogP contribution in [-0.2, 0) is 26.4 Å². The maximum atomic E-state index is 12.9. The Morgan fingerprint density at radius 3 is 3.04 bits per heavy atom. The third kappa shape index (κ3) is 1.75. The number of hydrogen-bond acceptors (Lipinski definition) is 5. The minimum absolute atomic E-state index is 0.0904. The lowest BCUT2D eigenvalue weighted by Crippen LogP contribution is -2.63. The SMILES string of the molecule is COC(=O)[C@]1(O)C[C@]23CCO[C@H]2CCN2CCc4c(n1c1ccccc41)[C@@H]23. The average molecular weight is 368 g/mol. The lowest BCUT2D eigenvalue weighted by molar-refractivity contribution is -0.199. The van der Waals surface area contributed by atoms with Crippen LogP contribution in [-0.4, -0.2) is 53.5 Å². The maximum absolute atomic E-state index is 12.9. The summed E-state index contributed by atoms with van der Waals surface area (Å²) in [6.45, 7) is 2.73. The Kier molecular flexibility index (Phi) is 3.06. The number of benzene rings is 1. The highest BCUT2D eigenvalue weighted by Crippen LogP contribution is 2.63. The zero-order chi connectivity index (χ0) is 18.4. The summed E-state index contributed by atoms with van der Waals surface area (Å²) in [5, 5.41) is 13.0. The first kappa shape index (κ1) is 16.1. The molecule has 2 saturated heterocycles. The summed E-state index contributed by atoms with van der Waals surface area (Å²) in [6.07, 6.45) is 3.22. The predicted octanol–water partition coefficient (Wildman–Crippen LogP) is 1.94. The van der Waals surface area contributed by atoms with Crippen LogP contribution in [0, 0.1) is 5.41 Å². The van der Waals surface area contributed by atoms with Crippen molar-refractivity contribution in [2.24, 2.45) is 5.41 Å². The van der Waals surface area contributed by atoms with E-state index in [1.54, 1.807) is 0 Å². The molecule has 4 atom stereocenters. The molecule has 6 nitrogen and oxygen atoms in total. The van der Waals surface area contributed by atoms with E-state index in [0.717, 1.165) is 48.9 Å². The largest absolute Gasteiger partial charge is 0.465 e.